The van der Waals surface area contributed by atoms with E-state index in [1.807, 2.05) is 22.6 Å². The molecular formula is C17H25N3O2S. The van der Waals surface area contributed by atoms with Gasteiger partial charge in [0.15, 0.2) is 0 Å². The Morgan fingerprint density at radius 2 is 2.22 bits per heavy atom. The normalized spacial score (nSPS) is 24.7. The lowest BCUT2D eigenvalue weighted by molar-refractivity contribution is -0.123. The van der Waals surface area contributed by atoms with E-state index in [0.717, 1.165) is 56.4 Å². The Labute approximate surface area is 141 Å². The SMILES string of the molecule is Cc1cscc1C(=O)N1CCCC(CNC(=O)C2CCCN2)C1. The van der Waals surface area contributed by atoms with Gasteiger partial charge in [-0.2, -0.15) is 11.3 Å². The van der Waals surface area contributed by atoms with Crippen LogP contribution in [0.15, 0.2) is 10.8 Å². The second kappa shape index (κ2) is 7.45. The summed E-state index contributed by atoms with van der Waals surface area (Å²) in [6.07, 6.45) is 4.09. The lowest BCUT2D eigenvalue weighted by Crippen LogP contribution is -2.46. The van der Waals surface area contributed by atoms with E-state index < -0.39 is 0 Å². The average molecular weight is 335 g/mol. The molecule has 2 atom stereocenters. The van der Waals surface area contributed by atoms with Crippen LogP contribution in [0.1, 0.15) is 41.6 Å². The van der Waals surface area contributed by atoms with Crippen LogP contribution in [0.4, 0.5) is 0 Å². The zero-order valence-corrected chi connectivity index (χ0v) is 14.5. The van der Waals surface area contributed by atoms with Gasteiger partial charge in [0.25, 0.3) is 5.91 Å². The number of piperidine rings is 1. The fourth-order valence-electron chi connectivity index (χ4n) is 3.44. The smallest absolute Gasteiger partial charge is 0.254 e. The Balaban J connectivity index is 1.51. The molecule has 0 spiro atoms. The van der Waals surface area contributed by atoms with Crippen LogP contribution in [0.2, 0.25) is 0 Å². The molecule has 0 saturated carbocycles. The summed E-state index contributed by atoms with van der Waals surface area (Å²) in [7, 11) is 0. The summed E-state index contributed by atoms with van der Waals surface area (Å²) in [5.41, 5.74) is 1.89. The summed E-state index contributed by atoms with van der Waals surface area (Å²) in [5.74, 6) is 0.605. The number of hydrogen-bond donors (Lipinski definition) is 2. The first-order chi connectivity index (χ1) is 11.1. The molecule has 3 heterocycles. The van der Waals surface area contributed by atoms with Crippen molar-refractivity contribution in [3.63, 3.8) is 0 Å². The zero-order valence-electron chi connectivity index (χ0n) is 13.6. The molecule has 0 aromatic carbocycles. The highest BCUT2D eigenvalue weighted by atomic mass is 32.1. The van der Waals surface area contributed by atoms with Crippen molar-refractivity contribution in [3.05, 3.63) is 21.9 Å². The second-order valence-corrected chi connectivity index (χ2v) is 7.37. The van der Waals surface area contributed by atoms with E-state index in [9.17, 15) is 9.59 Å². The Morgan fingerprint density at radius 1 is 1.35 bits per heavy atom. The molecule has 1 aromatic rings. The fourth-order valence-corrected chi connectivity index (χ4v) is 4.26. The van der Waals surface area contributed by atoms with Crippen molar-refractivity contribution in [3.8, 4) is 0 Å². The molecule has 6 heteroatoms. The minimum Gasteiger partial charge on any atom is -0.354 e. The standard InChI is InChI=1S/C17H25N3O2S/c1-12-10-23-11-14(12)17(22)20-7-3-4-13(9-20)8-19-16(21)15-5-2-6-18-15/h10-11,13,15,18H,2-9H2,1H3,(H,19,21). The minimum atomic E-state index is -0.0234. The average Bonchev–Trinajstić information content (AvgIpc) is 3.23. The highest BCUT2D eigenvalue weighted by Crippen LogP contribution is 2.21. The van der Waals surface area contributed by atoms with Gasteiger partial charge >= 0.3 is 0 Å². The number of carbonyl (C=O) groups is 2. The summed E-state index contributed by atoms with van der Waals surface area (Å²) in [6, 6.07) is -0.0234. The Morgan fingerprint density at radius 3 is 2.91 bits per heavy atom. The van der Waals surface area contributed by atoms with Crippen molar-refractivity contribution in [2.75, 3.05) is 26.2 Å². The highest BCUT2D eigenvalue weighted by molar-refractivity contribution is 7.08. The summed E-state index contributed by atoms with van der Waals surface area (Å²) < 4.78 is 0. The quantitative estimate of drug-likeness (QED) is 0.882. The van der Waals surface area contributed by atoms with Gasteiger partial charge in [0, 0.05) is 25.0 Å². The number of likely N-dealkylation sites (tertiary alicyclic amines) is 1. The minimum absolute atomic E-state index is 0.0234. The Kier molecular flexibility index (Phi) is 5.33. The van der Waals surface area contributed by atoms with E-state index >= 15 is 0 Å². The van der Waals surface area contributed by atoms with Crippen molar-refractivity contribution in [2.45, 2.75) is 38.6 Å². The van der Waals surface area contributed by atoms with Crippen molar-refractivity contribution >= 4 is 23.2 Å². The van der Waals surface area contributed by atoms with E-state index in [2.05, 4.69) is 10.6 Å². The molecule has 23 heavy (non-hydrogen) atoms. The number of amides is 2. The van der Waals surface area contributed by atoms with Crippen LogP contribution in [0.5, 0.6) is 0 Å². The third kappa shape index (κ3) is 3.93. The molecule has 2 unspecified atom stereocenters. The molecular weight excluding hydrogens is 310 g/mol. The molecule has 126 valence electrons. The second-order valence-electron chi connectivity index (χ2n) is 6.62. The van der Waals surface area contributed by atoms with Gasteiger partial charge in [-0.05, 0) is 56.0 Å². The number of carbonyl (C=O) groups excluding carboxylic acids is 2. The first-order valence-corrected chi connectivity index (χ1v) is 9.42. The van der Waals surface area contributed by atoms with Crippen molar-refractivity contribution in [2.24, 2.45) is 5.92 Å². The molecule has 0 radical (unpaired) electrons. The number of aryl methyl sites for hydroxylation is 1. The summed E-state index contributed by atoms with van der Waals surface area (Å²) >= 11 is 1.58. The molecule has 0 aliphatic carbocycles. The third-order valence-corrected chi connectivity index (χ3v) is 5.70. The van der Waals surface area contributed by atoms with Gasteiger partial charge in [0.1, 0.15) is 0 Å². The van der Waals surface area contributed by atoms with Gasteiger partial charge in [0.2, 0.25) is 5.91 Å². The number of thiophene rings is 1. The first-order valence-electron chi connectivity index (χ1n) is 8.48. The van der Waals surface area contributed by atoms with E-state index in [1.54, 1.807) is 11.3 Å². The van der Waals surface area contributed by atoms with E-state index in [-0.39, 0.29) is 17.9 Å². The molecule has 2 aliphatic heterocycles. The van der Waals surface area contributed by atoms with Gasteiger partial charge in [0.05, 0.1) is 11.6 Å². The van der Waals surface area contributed by atoms with Gasteiger partial charge < -0.3 is 15.5 Å². The zero-order chi connectivity index (χ0) is 16.2. The van der Waals surface area contributed by atoms with Crippen LogP contribution in [0, 0.1) is 12.8 Å². The Bertz CT molecular complexity index is 566. The predicted molar refractivity (Wildman–Crippen MR) is 91.7 cm³/mol. The van der Waals surface area contributed by atoms with E-state index in [0.29, 0.717) is 12.5 Å². The third-order valence-electron chi connectivity index (χ3n) is 4.83. The Hall–Kier alpha value is -1.40. The topological polar surface area (TPSA) is 61.4 Å². The molecule has 0 bridgehead atoms. The summed E-state index contributed by atoms with van der Waals surface area (Å²) in [5, 5.41) is 10.2. The van der Waals surface area contributed by atoms with Crippen molar-refractivity contribution in [1.82, 2.24) is 15.5 Å². The van der Waals surface area contributed by atoms with Crippen LogP contribution < -0.4 is 10.6 Å². The number of hydrogen-bond acceptors (Lipinski definition) is 4. The molecule has 5 nitrogen and oxygen atoms in total. The summed E-state index contributed by atoms with van der Waals surface area (Å²) in [6.45, 7) is 5.16. The van der Waals surface area contributed by atoms with Crippen molar-refractivity contribution < 1.29 is 9.59 Å². The number of nitrogens with one attached hydrogen (secondary N) is 2. The van der Waals surface area contributed by atoms with Gasteiger partial charge in [-0.15, -0.1) is 0 Å². The van der Waals surface area contributed by atoms with Gasteiger partial charge in [-0.25, -0.2) is 0 Å². The molecule has 2 N–H and O–H groups in total. The van der Waals surface area contributed by atoms with Crippen LogP contribution in [-0.2, 0) is 4.79 Å². The predicted octanol–water partition coefficient (Wildman–Crippen LogP) is 1.78. The van der Waals surface area contributed by atoms with Crippen LogP contribution in [-0.4, -0.2) is 48.9 Å². The fraction of sp³-hybridized carbons (Fsp3) is 0.647. The van der Waals surface area contributed by atoms with Crippen LogP contribution in [0.3, 0.4) is 0 Å². The molecule has 3 rings (SSSR count). The molecule has 1 aromatic heterocycles. The maximum atomic E-state index is 12.6. The molecule has 2 amide bonds. The van der Waals surface area contributed by atoms with Gasteiger partial charge in [-0.1, -0.05) is 0 Å². The lowest BCUT2D eigenvalue weighted by atomic mass is 9.97. The first kappa shape index (κ1) is 16.5. The monoisotopic (exact) mass is 335 g/mol. The summed E-state index contributed by atoms with van der Waals surface area (Å²) in [4.78, 5) is 26.6. The lowest BCUT2D eigenvalue weighted by Gasteiger charge is -2.33. The molecule has 2 saturated heterocycles. The maximum Gasteiger partial charge on any atom is 0.254 e. The van der Waals surface area contributed by atoms with Crippen LogP contribution in [0.25, 0.3) is 0 Å². The van der Waals surface area contributed by atoms with Crippen molar-refractivity contribution in [1.29, 1.82) is 0 Å². The van der Waals surface area contributed by atoms with Gasteiger partial charge in [-0.3, -0.25) is 9.59 Å². The van der Waals surface area contributed by atoms with E-state index in [1.165, 1.54) is 0 Å². The molecule has 2 fully saturated rings. The number of nitrogens with zero attached hydrogens (tertiary/aromatic N) is 1. The van der Waals surface area contributed by atoms with Crippen LogP contribution >= 0.6 is 11.3 Å². The highest BCUT2D eigenvalue weighted by Gasteiger charge is 2.27. The molecule has 2 aliphatic rings. The largest absolute Gasteiger partial charge is 0.354 e. The maximum absolute atomic E-state index is 12.6. The number of rotatable bonds is 4. The van der Waals surface area contributed by atoms with E-state index in [4.69, 9.17) is 0 Å².